The number of thiazole rings is 1. The van der Waals surface area contributed by atoms with E-state index in [0.29, 0.717) is 16.3 Å². The zero-order valence-electron chi connectivity index (χ0n) is 15.6. The molecule has 0 unspecified atom stereocenters. The summed E-state index contributed by atoms with van der Waals surface area (Å²) >= 11 is 7.32. The Labute approximate surface area is 175 Å². The van der Waals surface area contributed by atoms with Gasteiger partial charge >= 0.3 is 6.03 Å². The number of benzene rings is 2. The highest BCUT2D eigenvalue weighted by Gasteiger charge is 2.19. The Morgan fingerprint density at radius 3 is 2.62 bits per heavy atom. The van der Waals surface area contributed by atoms with Gasteiger partial charge in [-0.05, 0) is 44.2 Å². The van der Waals surface area contributed by atoms with E-state index in [2.05, 4.69) is 15.6 Å². The minimum absolute atomic E-state index is 0.149. The van der Waals surface area contributed by atoms with E-state index in [0.717, 1.165) is 10.6 Å². The number of aromatic nitrogens is 1. The van der Waals surface area contributed by atoms with Gasteiger partial charge in [0, 0.05) is 11.3 Å². The summed E-state index contributed by atoms with van der Waals surface area (Å²) in [6, 6.07) is 10.0. The van der Waals surface area contributed by atoms with Crippen LogP contribution in [0.15, 0.2) is 42.5 Å². The van der Waals surface area contributed by atoms with E-state index in [1.165, 1.54) is 35.6 Å². The molecule has 0 spiro atoms. The molecular formula is C20H18ClFN4O2S. The van der Waals surface area contributed by atoms with Gasteiger partial charge < -0.3 is 16.4 Å². The highest BCUT2D eigenvalue weighted by atomic mass is 35.5. The SMILES string of the molecule is Cc1nc(-c2ccccc2F)sc1[C@H](C)NC(=O)Nc1ccc(C(N)=O)c(Cl)c1. The molecule has 0 aliphatic carbocycles. The molecule has 3 amide bonds. The molecule has 0 aliphatic rings. The van der Waals surface area contributed by atoms with Gasteiger partial charge in [0.15, 0.2) is 0 Å². The Bertz CT molecular complexity index is 1090. The van der Waals surface area contributed by atoms with Crippen molar-refractivity contribution in [2.45, 2.75) is 19.9 Å². The number of halogens is 2. The molecule has 4 N–H and O–H groups in total. The van der Waals surface area contributed by atoms with Gasteiger partial charge in [-0.1, -0.05) is 23.7 Å². The van der Waals surface area contributed by atoms with Crippen LogP contribution in [-0.2, 0) is 0 Å². The van der Waals surface area contributed by atoms with Gasteiger partial charge in [0.2, 0.25) is 5.91 Å². The molecule has 0 aliphatic heterocycles. The fourth-order valence-corrected chi connectivity index (χ4v) is 4.15. The van der Waals surface area contributed by atoms with Crippen molar-refractivity contribution >= 4 is 40.6 Å². The zero-order chi connectivity index (χ0) is 21.1. The van der Waals surface area contributed by atoms with Crippen molar-refractivity contribution in [1.29, 1.82) is 0 Å². The predicted molar refractivity (Wildman–Crippen MR) is 113 cm³/mol. The lowest BCUT2D eigenvalue weighted by molar-refractivity contribution is 0.100. The molecule has 29 heavy (non-hydrogen) atoms. The molecule has 6 nitrogen and oxygen atoms in total. The fourth-order valence-electron chi connectivity index (χ4n) is 2.78. The van der Waals surface area contributed by atoms with Crippen molar-refractivity contribution in [2.75, 3.05) is 5.32 Å². The van der Waals surface area contributed by atoms with Gasteiger partial charge in [-0.25, -0.2) is 14.2 Å². The second-order valence-electron chi connectivity index (χ2n) is 6.33. The van der Waals surface area contributed by atoms with E-state index in [1.807, 2.05) is 13.8 Å². The minimum atomic E-state index is -0.647. The van der Waals surface area contributed by atoms with Crippen LogP contribution >= 0.6 is 22.9 Å². The molecule has 0 saturated carbocycles. The van der Waals surface area contributed by atoms with Crippen molar-refractivity contribution < 1.29 is 14.0 Å². The Morgan fingerprint density at radius 2 is 1.97 bits per heavy atom. The number of hydrogen-bond donors (Lipinski definition) is 3. The zero-order valence-corrected chi connectivity index (χ0v) is 17.2. The maximum atomic E-state index is 14.0. The first-order valence-corrected chi connectivity index (χ1v) is 9.84. The number of primary amides is 1. The van der Waals surface area contributed by atoms with Gasteiger partial charge in [0.1, 0.15) is 10.8 Å². The topological polar surface area (TPSA) is 97.1 Å². The highest BCUT2D eigenvalue weighted by Crippen LogP contribution is 2.33. The van der Waals surface area contributed by atoms with Crippen LogP contribution in [-0.4, -0.2) is 16.9 Å². The number of carbonyl (C=O) groups excluding carboxylic acids is 2. The average Bonchev–Trinajstić information content (AvgIpc) is 3.03. The number of nitrogens with two attached hydrogens (primary N) is 1. The second-order valence-corrected chi connectivity index (χ2v) is 7.77. The number of carbonyl (C=O) groups is 2. The van der Waals surface area contributed by atoms with Crippen LogP contribution in [0.3, 0.4) is 0 Å². The van der Waals surface area contributed by atoms with Crippen LogP contribution in [0.5, 0.6) is 0 Å². The Balaban J connectivity index is 1.71. The standard InChI is InChI=1S/C20H18ClFN4O2S/c1-10-17(29-19(24-10)14-5-3-4-6-16(14)22)11(2)25-20(28)26-12-7-8-13(18(23)27)15(21)9-12/h3-9,11H,1-2H3,(H2,23,27)(H2,25,26,28)/t11-/m0/s1. The van der Waals surface area contributed by atoms with E-state index < -0.39 is 11.9 Å². The molecule has 9 heteroatoms. The number of nitrogens with one attached hydrogen (secondary N) is 2. The normalized spacial score (nSPS) is 11.7. The number of urea groups is 1. The molecule has 2 aromatic carbocycles. The Morgan fingerprint density at radius 1 is 1.24 bits per heavy atom. The van der Waals surface area contributed by atoms with E-state index in [9.17, 15) is 14.0 Å². The summed E-state index contributed by atoms with van der Waals surface area (Å²) in [5, 5.41) is 6.17. The summed E-state index contributed by atoms with van der Waals surface area (Å²) < 4.78 is 14.0. The quantitative estimate of drug-likeness (QED) is 0.535. The molecule has 0 saturated heterocycles. The fraction of sp³-hybridized carbons (Fsp3) is 0.150. The first-order chi connectivity index (χ1) is 13.8. The van der Waals surface area contributed by atoms with Crippen LogP contribution < -0.4 is 16.4 Å². The molecule has 1 heterocycles. The maximum Gasteiger partial charge on any atom is 0.319 e. The van der Waals surface area contributed by atoms with E-state index in [1.54, 1.807) is 18.2 Å². The third-order valence-corrected chi connectivity index (χ3v) is 5.86. The van der Waals surface area contributed by atoms with E-state index in [4.69, 9.17) is 17.3 Å². The van der Waals surface area contributed by atoms with Crippen LogP contribution in [0.4, 0.5) is 14.9 Å². The molecule has 150 valence electrons. The third kappa shape index (κ3) is 4.72. The molecule has 3 rings (SSSR count). The monoisotopic (exact) mass is 432 g/mol. The highest BCUT2D eigenvalue weighted by molar-refractivity contribution is 7.15. The van der Waals surface area contributed by atoms with Crippen LogP contribution in [0.25, 0.3) is 10.6 Å². The number of hydrogen-bond acceptors (Lipinski definition) is 4. The summed E-state index contributed by atoms with van der Waals surface area (Å²) in [4.78, 5) is 28.8. The first-order valence-electron chi connectivity index (χ1n) is 8.65. The first kappa shape index (κ1) is 20.8. The summed E-state index contributed by atoms with van der Waals surface area (Å²) in [5.41, 5.74) is 6.94. The number of rotatable bonds is 5. The predicted octanol–water partition coefficient (Wildman–Crippen LogP) is 4.89. The van der Waals surface area contributed by atoms with Gasteiger partial charge in [-0.2, -0.15) is 0 Å². The van der Waals surface area contributed by atoms with Crippen LogP contribution in [0, 0.1) is 12.7 Å². The lowest BCUT2D eigenvalue weighted by Crippen LogP contribution is -2.31. The number of aryl methyl sites for hydroxylation is 1. The van der Waals surface area contributed by atoms with Gasteiger partial charge in [0.05, 0.1) is 27.2 Å². The lowest BCUT2D eigenvalue weighted by atomic mass is 10.2. The van der Waals surface area contributed by atoms with Gasteiger partial charge in [-0.3, -0.25) is 4.79 Å². The second kappa shape index (κ2) is 8.59. The average molecular weight is 433 g/mol. The molecule has 0 radical (unpaired) electrons. The van der Waals surface area contributed by atoms with Crippen molar-refractivity contribution in [3.05, 3.63) is 69.4 Å². The Hall–Kier alpha value is -2.97. The lowest BCUT2D eigenvalue weighted by Gasteiger charge is -2.14. The molecule has 0 bridgehead atoms. The molecule has 0 fully saturated rings. The number of amides is 3. The van der Waals surface area contributed by atoms with Gasteiger partial charge in [-0.15, -0.1) is 11.3 Å². The summed E-state index contributed by atoms with van der Waals surface area (Å²) in [6.07, 6.45) is 0. The molecule has 1 aromatic heterocycles. The van der Waals surface area contributed by atoms with Crippen molar-refractivity contribution in [3.63, 3.8) is 0 Å². The number of nitrogens with zero attached hydrogens (tertiary/aromatic N) is 1. The van der Waals surface area contributed by atoms with Crippen molar-refractivity contribution in [1.82, 2.24) is 10.3 Å². The smallest absolute Gasteiger partial charge is 0.319 e. The minimum Gasteiger partial charge on any atom is -0.366 e. The molecular weight excluding hydrogens is 415 g/mol. The number of anilines is 1. The molecule has 1 atom stereocenters. The van der Waals surface area contributed by atoms with Crippen molar-refractivity contribution in [3.8, 4) is 10.6 Å². The largest absolute Gasteiger partial charge is 0.366 e. The van der Waals surface area contributed by atoms with Gasteiger partial charge in [0.25, 0.3) is 0 Å². The maximum absolute atomic E-state index is 14.0. The van der Waals surface area contributed by atoms with Crippen molar-refractivity contribution in [2.24, 2.45) is 5.73 Å². The van der Waals surface area contributed by atoms with Crippen LogP contribution in [0.1, 0.15) is 33.9 Å². The molecule has 3 aromatic rings. The van der Waals surface area contributed by atoms with E-state index in [-0.39, 0.29) is 22.4 Å². The van der Waals surface area contributed by atoms with E-state index >= 15 is 0 Å². The Kier molecular flexibility index (Phi) is 6.14. The summed E-state index contributed by atoms with van der Waals surface area (Å²) in [7, 11) is 0. The third-order valence-electron chi connectivity index (χ3n) is 4.17. The summed E-state index contributed by atoms with van der Waals surface area (Å²) in [6.45, 7) is 3.63. The van der Waals surface area contributed by atoms with Crippen LogP contribution in [0.2, 0.25) is 5.02 Å². The summed E-state index contributed by atoms with van der Waals surface area (Å²) in [5.74, 6) is -0.992.